The molecule has 2 aromatic carbocycles. The number of phenols is 2. The lowest BCUT2D eigenvalue weighted by Crippen LogP contribution is -2.05. The Morgan fingerprint density at radius 2 is 1.36 bits per heavy atom. The molecule has 28 heavy (non-hydrogen) atoms. The normalized spacial score (nSPS) is 9.96. The molecule has 0 amide bonds. The summed E-state index contributed by atoms with van der Waals surface area (Å²) in [5, 5.41) is 36.0. The van der Waals surface area contributed by atoms with Crippen LogP contribution in [0.4, 0.5) is 0 Å². The minimum atomic E-state index is -0.592. The minimum Gasteiger partial charge on any atom is -0.507 e. The van der Waals surface area contributed by atoms with Crippen LogP contribution in [0.1, 0.15) is 45.2 Å². The highest BCUT2D eigenvalue weighted by atomic mass is 16.3. The van der Waals surface area contributed by atoms with Gasteiger partial charge in [0, 0.05) is 0 Å². The topological polar surface area (TPSA) is 115 Å². The van der Waals surface area contributed by atoms with E-state index in [4.69, 9.17) is 10.2 Å². The maximum atomic E-state index is 11.2. The molecule has 0 unspecified atom stereocenters. The third kappa shape index (κ3) is 6.64. The second kappa shape index (κ2) is 11.7. The predicted octanol–water partition coefficient (Wildman–Crippen LogP) is 2.82. The van der Waals surface area contributed by atoms with Gasteiger partial charge in [-0.2, -0.15) is 0 Å². The van der Waals surface area contributed by atoms with Gasteiger partial charge in [-0.1, -0.05) is 31.6 Å². The summed E-state index contributed by atoms with van der Waals surface area (Å²) in [5.41, 5.74) is 2.25. The van der Waals surface area contributed by atoms with Gasteiger partial charge in [0.25, 0.3) is 0 Å². The molecule has 2 rings (SSSR count). The molecular weight excluding hydrogens is 360 g/mol. The van der Waals surface area contributed by atoms with Crippen molar-refractivity contribution in [3.8, 4) is 11.5 Å². The molecule has 0 aliphatic rings. The fraction of sp³-hybridized carbons (Fsp3) is 0.273. The van der Waals surface area contributed by atoms with E-state index in [0.29, 0.717) is 6.42 Å². The zero-order valence-electron chi connectivity index (χ0n) is 15.9. The van der Waals surface area contributed by atoms with Gasteiger partial charge in [0.15, 0.2) is 11.6 Å². The number of Topliss-reactive ketones (excluding diaryl/α,β-unsaturated/α-hetero) is 2. The Kier molecular flexibility index (Phi) is 9.64. The van der Waals surface area contributed by atoms with Gasteiger partial charge in [-0.25, -0.2) is 0 Å². The first-order valence-corrected chi connectivity index (χ1v) is 8.90. The van der Waals surface area contributed by atoms with Gasteiger partial charge in [-0.15, -0.1) is 6.58 Å². The summed E-state index contributed by atoms with van der Waals surface area (Å²) in [6.45, 7) is 4.46. The van der Waals surface area contributed by atoms with Crippen LogP contribution in [-0.2, 0) is 12.8 Å². The van der Waals surface area contributed by atoms with E-state index < -0.39 is 24.8 Å². The Morgan fingerprint density at radius 3 is 1.79 bits per heavy atom. The Labute approximate surface area is 164 Å². The summed E-state index contributed by atoms with van der Waals surface area (Å²) in [5.74, 6) is -1.09. The molecule has 0 fully saturated rings. The highest BCUT2D eigenvalue weighted by Gasteiger charge is 2.11. The first kappa shape index (κ1) is 23.1. The maximum Gasteiger partial charge on any atom is 0.191 e. The largest absolute Gasteiger partial charge is 0.507 e. The van der Waals surface area contributed by atoms with E-state index in [2.05, 4.69) is 6.58 Å². The Bertz CT molecular complexity index is 826. The second-order valence-corrected chi connectivity index (χ2v) is 6.11. The number of carbonyl (C=O) groups is 2. The molecule has 0 aliphatic heterocycles. The molecule has 6 nitrogen and oxygen atoms in total. The van der Waals surface area contributed by atoms with Crippen molar-refractivity contribution in [2.75, 3.05) is 13.2 Å². The zero-order chi connectivity index (χ0) is 21.1. The first-order valence-electron chi connectivity index (χ1n) is 8.90. The van der Waals surface area contributed by atoms with Crippen LogP contribution in [0.2, 0.25) is 0 Å². The zero-order valence-corrected chi connectivity index (χ0v) is 15.9. The third-order valence-corrected chi connectivity index (χ3v) is 3.93. The first-order chi connectivity index (χ1) is 13.4. The van der Waals surface area contributed by atoms with Crippen molar-refractivity contribution in [1.29, 1.82) is 0 Å². The van der Waals surface area contributed by atoms with Gasteiger partial charge >= 0.3 is 0 Å². The van der Waals surface area contributed by atoms with Gasteiger partial charge in [-0.3, -0.25) is 9.59 Å². The number of aryl methyl sites for hydroxylation is 1. The molecule has 0 saturated carbocycles. The molecule has 0 spiro atoms. The van der Waals surface area contributed by atoms with Crippen molar-refractivity contribution in [2.45, 2.75) is 26.2 Å². The van der Waals surface area contributed by atoms with Gasteiger partial charge < -0.3 is 20.4 Å². The fourth-order valence-electron chi connectivity index (χ4n) is 2.52. The summed E-state index contributed by atoms with van der Waals surface area (Å²) >= 11 is 0. The Morgan fingerprint density at radius 1 is 0.893 bits per heavy atom. The average Bonchev–Trinajstić information content (AvgIpc) is 2.70. The highest BCUT2D eigenvalue weighted by Crippen LogP contribution is 2.20. The number of aliphatic hydroxyl groups excluding tert-OH is 2. The number of carbonyl (C=O) groups excluding carboxylic acids is 2. The molecule has 0 atom stereocenters. The number of aliphatic hydroxyl groups is 2. The molecule has 0 radical (unpaired) electrons. The van der Waals surface area contributed by atoms with Gasteiger partial charge in [-0.05, 0) is 48.2 Å². The third-order valence-electron chi connectivity index (χ3n) is 3.93. The summed E-state index contributed by atoms with van der Waals surface area (Å²) in [6, 6.07) is 9.64. The van der Waals surface area contributed by atoms with Crippen molar-refractivity contribution < 1.29 is 30.0 Å². The van der Waals surface area contributed by atoms with E-state index in [1.54, 1.807) is 30.3 Å². The summed E-state index contributed by atoms with van der Waals surface area (Å²) < 4.78 is 0. The van der Waals surface area contributed by atoms with Crippen molar-refractivity contribution in [3.05, 3.63) is 71.3 Å². The van der Waals surface area contributed by atoms with Gasteiger partial charge in [0.1, 0.15) is 24.7 Å². The van der Waals surface area contributed by atoms with E-state index >= 15 is 0 Å². The molecule has 0 heterocycles. The van der Waals surface area contributed by atoms with Crippen molar-refractivity contribution in [1.82, 2.24) is 0 Å². The van der Waals surface area contributed by atoms with Crippen molar-refractivity contribution in [2.24, 2.45) is 0 Å². The van der Waals surface area contributed by atoms with Gasteiger partial charge in [0.2, 0.25) is 0 Å². The van der Waals surface area contributed by atoms with Crippen LogP contribution in [0.15, 0.2) is 49.1 Å². The maximum absolute atomic E-state index is 11.2. The number of hydrogen-bond donors (Lipinski definition) is 4. The van der Waals surface area contributed by atoms with Crippen LogP contribution in [0, 0.1) is 0 Å². The van der Waals surface area contributed by atoms with Crippen LogP contribution in [0.25, 0.3) is 0 Å². The van der Waals surface area contributed by atoms with E-state index in [1.807, 2.05) is 6.92 Å². The Hall–Kier alpha value is -2.96. The number of allylic oxidation sites excluding steroid dienone is 1. The monoisotopic (exact) mass is 386 g/mol. The molecular formula is C22H26O6. The minimum absolute atomic E-state index is 0.0658. The molecule has 0 aliphatic carbocycles. The highest BCUT2D eigenvalue weighted by molar-refractivity contribution is 6.00. The number of benzene rings is 2. The summed E-state index contributed by atoms with van der Waals surface area (Å²) in [4.78, 5) is 22.3. The molecule has 0 aromatic heterocycles. The van der Waals surface area contributed by atoms with Crippen LogP contribution in [0.5, 0.6) is 11.5 Å². The molecule has 2 aromatic rings. The molecule has 150 valence electrons. The van der Waals surface area contributed by atoms with E-state index in [0.717, 1.165) is 24.0 Å². The molecule has 0 saturated heterocycles. The Balaban J connectivity index is 0.000000280. The van der Waals surface area contributed by atoms with E-state index in [-0.39, 0.29) is 22.6 Å². The quantitative estimate of drug-likeness (QED) is 0.410. The van der Waals surface area contributed by atoms with E-state index in [1.165, 1.54) is 12.1 Å². The number of ketones is 2. The van der Waals surface area contributed by atoms with Gasteiger partial charge in [0.05, 0.1) is 11.1 Å². The SMILES string of the molecule is C=CCc1ccc(O)c(C(=O)CO)c1.CCCc1ccc(O)c(C(=O)CO)c1. The number of rotatable bonds is 8. The number of phenolic OH excluding ortho intramolecular Hbond substituents is 2. The summed E-state index contributed by atoms with van der Waals surface area (Å²) in [7, 11) is 0. The lowest BCUT2D eigenvalue weighted by atomic mass is 10.0. The summed E-state index contributed by atoms with van der Waals surface area (Å²) in [6.07, 6.45) is 4.19. The molecule has 4 N–H and O–H groups in total. The van der Waals surface area contributed by atoms with Crippen LogP contribution in [0.3, 0.4) is 0 Å². The van der Waals surface area contributed by atoms with Crippen molar-refractivity contribution in [3.63, 3.8) is 0 Å². The fourth-order valence-corrected chi connectivity index (χ4v) is 2.52. The number of hydrogen-bond acceptors (Lipinski definition) is 6. The lowest BCUT2D eigenvalue weighted by Gasteiger charge is -2.04. The standard InChI is InChI=1S/C11H14O3.C11H12O3/c2*1-2-3-8-4-5-10(13)9(6-8)11(14)7-12/h4-6,12-13H,2-3,7H2,1H3;2,4-6,12-13H,1,3,7H2. The second-order valence-electron chi connectivity index (χ2n) is 6.11. The smallest absolute Gasteiger partial charge is 0.191 e. The van der Waals surface area contributed by atoms with Crippen LogP contribution in [-0.4, -0.2) is 45.2 Å². The number of aromatic hydroxyl groups is 2. The lowest BCUT2D eigenvalue weighted by molar-refractivity contribution is 0.0894. The van der Waals surface area contributed by atoms with E-state index in [9.17, 15) is 19.8 Å². The predicted molar refractivity (Wildman–Crippen MR) is 107 cm³/mol. The molecule has 6 heteroatoms. The average molecular weight is 386 g/mol. The van der Waals surface area contributed by atoms with Crippen LogP contribution >= 0.6 is 0 Å². The van der Waals surface area contributed by atoms with Crippen LogP contribution < -0.4 is 0 Å². The van der Waals surface area contributed by atoms with Crippen molar-refractivity contribution >= 4 is 11.6 Å². The molecule has 0 bridgehead atoms.